The normalized spacial score (nSPS) is 17.3. The lowest BCUT2D eigenvalue weighted by atomic mass is 10.3. The van der Waals surface area contributed by atoms with Crippen molar-refractivity contribution in [3.8, 4) is 0 Å². The summed E-state index contributed by atoms with van der Waals surface area (Å²) in [7, 11) is 2.03. The number of aromatic nitrogens is 2. The molecule has 0 amide bonds. The van der Waals surface area contributed by atoms with Gasteiger partial charge < -0.3 is 9.88 Å². The van der Waals surface area contributed by atoms with Crippen molar-refractivity contribution in [2.45, 2.75) is 18.2 Å². The average molecular weight is 250 g/mol. The Morgan fingerprint density at radius 1 is 1.47 bits per heavy atom. The molecular formula is C13H16ClN3. The summed E-state index contributed by atoms with van der Waals surface area (Å²) in [6.07, 6.45) is 2.55. The number of nitrogens with zero attached hydrogens (tertiary/aromatic N) is 2. The predicted molar refractivity (Wildman–Crippen MR) is 71.6 cm³/mol. The van der Waals surface area contributed by atoms with Gasteiger partial charge in [0.15, 0.2) is 0 Å². The van der Waals surface area contributed by atoms with Crippen molar-refractivity contribution < 1.29 is 0 Å². The molecule has 1 atom stereocenters. The first-order chi connectivity index (χ1) is 8.25. The van der Waals surface area contributed by atoms with E-state index in [2.05, 4.69) is 20.9 Å². The minimum atomic E-state index is 0.231. The van der Waals surface area contributed by atoms with Gasteiger partial charge in [-0.05, 0) is 30.9 Å². The lowest BCUT2D eigenvalue weighted by Crippen LogP contribution is -2.17. The molecule has 0 saturated heterocycles. The van der Waals surface area contributed by atoms with E-state index in [-0.39, 0.29) is 5.38 Å². The van der Waals surface area contributed by atoms with Crippen LogP contribution in [-0.4, -0.2) is 21.5 Å². The smallest absolute Gasteiger partial charge is 0.203 e. The van der Waals surface area contributed by atoms with Gasteiger partial charge in [0.2, 0.25) is 5.95 Å². The molecule has 1 aliphatic rings. The number of imidazole rings is 1. The Labute approximate surface area is 106 Å². The highest BCUT2D eigenvalue weighted by Crippen LogP contribution is 2.35. The SMILES string of the molecule is Cn1c(NCC(Cl)C2CC2)nc2ccccc21. The monoisotopic (exact) mass is 249 g/mol. The third-order valence-corrected chi connectivity index (χ3v) is 3.89. The topological polar surface area (TPSA) is 29.9 Å². The number of halogens is 1. The lowest BCUT2D eigenvalue weighted by Gasteiger charge is -2.10. The zero-order chi connectivity index (χ0) is 11.8. The maximum atomic E-state index is 6.28. The van der Waals surface area contributed by atoms with Crippen LogP contribution in [0.5, 0.6) is 0 Å². The Morgan fingerprint density at radius 2 is 2.24 bits per heavy atom. The van der Waals surface area contributed by atoms with E-state index >= 15 is 0 Å². The molecule has 0 aliphatic heterocycles. The van der Waals surface area contributed by atoms with Gasteiger partial charge in [0, 0.05) is 13.6 Å². The van der Waals surface area contributed by atoms with Gasteiger partial charge >= 0.3 is 0 Å². The van der Waals surface area contributed by atoms with Crippen LogP contribution in [0.15, 0.2) is 24.3 Å². The maximum absolute atomic E-state index is 6.28. The van der Waals surface area contributed by atoms with Gasteiger partial charge in [-0.3, -0.25) is 0 Å². The number of hydrogen-bond acceptors (Lipinski definition) is 2. The summed E-state index contributed by atoms with van der Waals surface area (Å²) in [6, 6.07) is 8.14. The molecule has 1 N–H and O–H groups in total. The van der Waals surface area contributed by atoms with Gasteiger partial charge in [0.25, 0.3) is 0 Å². The zero-order valence-corrected chi connectivity index (χ0v) is 10.6. The molecule has 1 aliphatic carbocycles. The summed E-state index contributed by atoms with van der Waals surface area (Å²) in [6.45, 7) is 0.795. The standard InChI is InChI=1S/C13H16ClN3/c1-17-12-5-3-2-4-11(12)16-13(17)15-8-10(14)9-6-7-9/h2-5,9-10H,6-8H2,1H3,(H,15,16). The molecule has 1 aromatic carbocycles. The predicted octanol–water partition coefficient (Wildman–Crippen LogP) is 3.00. The molecule has 17 heavy (non-hydrogen) atoms. The van der Waals surface area contributed by atoms with E-state index in [1.807, 2.05) is 25.2 Å². The third-order valence-electron chi connectivity index (χ3n) is 3.38. The van der Waals surface area contributed by atoms with Crippen LogP contribution < -0.4 is 5.32 Å². The molecule has 4 heteroatoms. The molecule has 0 radical (unpaired) electrons. The van der Waals surface area contributed by atoms with Gasteiger partial charge in [-0.15, -0.1) is 11.6 Å². The Balaban J connectivity index is 1.77. The number of nitrogens with one attached hydrogen (secondary N) is 1. The quantitative estimate of drug-likeness (QED) is 0.845. The molecule has 2 aromatic rings. The highest BCUT2D eigenvalue weighted by Gasteiger charge is 2.29. The molecule has 1 fully saturated rings. The van der Waals surface area contributed by atoms with Gasteiger partial charge in [-0.25, -0.2) is 4.98 Å². The molecule has 0 spiro atoms. The van der Waals surface area contributed by atoms with Crippen LogP contribution in [0.1, 0.15) is 12.8 Å². The second-order valence-electron chi connectivity index (χ2n) is 4.72. The fraction of sp³-hybridized carbons (Fsp3) is 0.462. The molecular weight excluding hydrogens is 234 g/mol. The van der Waals surface area contributed by atoms with E-state index in [1.54, 1.807) is 0 Å². The number of aryl methyl sites for hydroxylation is 1. The number of rotatable bonds is 4. The first-order valence-electron chi connectivity index (χ1n) is 6.05. The van der Waals surface area contributed by atoms with E-state index in [9.17, 15) is 0 Å². The number of fused-ring (bicyclic) bond motifs is 1. The van der Waals surface area contributed by atoms with Crippen molar-refractivity contribution in [1.82, 2.24) is 9.55 Å². The molecule has 1 unspecified atom stereocenters. The van der Waals surface area contributed by atoms with Crippen LogP contribution in [0.3, 0.4) is 0 Å². The van der Waals surface area contributed by atoms with E-state index in [4.69, 9.17) is 11.6 Å². The van der Waals surface area contributed by atoms with Crippen LogP contribution in [0.25, 0.3) is 11.0 Å². The van der Waals surface area contributed by atoms with Gasteiger partial charge in [0.05, 0.1) is 16.4 Å². The van der Waals surface area contributed by atoms with Crippen LogP contribution in [0, 0.1) is 5.92 Å². The number of anilines is 1. The van der Waals surface area contributed by atoms with Crippen LogP contribution in [0.4, 0.5) is 5.95 Å². The van der Waals surface area contributed by atoms with Gasteiger partial charge in [-0.1, -0.05) is 12.1 Å². The minimum Gasteiger partial charge on any atom is -0.354 e. The molecule has 3 rings (SSSR count). The molecule has 3 nitrogen and oxygen atoms in total. The van der Waals surface area contributed by atoms with Crippen LogP contribution in [-0.2, 0) is 7.05 Å². The van der Waals surface area contributed by atoms with E-state index in [1.165, 1.54) is 12.8 Å². The van der Waals surface area contributed by atoms with Crippen molar-refractivity contribution in [2.75, 3.05) is 11.9 Å². The van der Waals surface area contributed by atoms with E-state index in [0.29, 0.717) is 5.92 Å². The maximum Gasteiger partial charge on any atom is 0.203 e. The number of alkyl halides is 1. The Kier molecular flexibility index (Phi) is 2.71. The van der Waals surface area contributed by atoms with E-state index in [0.717, 1.165) is 23.5 Å². The summed E-state index contributed by atoms with van der Waals surface area (Å²) in [5.74, 6) is 1.61. The first kappa shape index (κ1) is 10.9. The van der Waals surface area contributed by atoms with Crippen LogP contribution >= 0.6 is 11.6 Å². The summed E-state index contributed by atoms with van der Waals surface area (Å²) in [5, 5.41) is 3.57. The van der Waals surface area contributed by atoms with Crippen molar-refractivity contribution >= 4 is 28.6 Å². The fourth-order valence-electron chi connectivity index (χ4n) is 2.12. The second-order valence-corrected chi connectivity index (χ2v) is 5.28. The summed E-state index contributed by atoms with van der Waals surface area (Å²) in [5.41, 5.74) is 2.17. The highest BCUT2D eigenvalue weighted by atomic mass is 35.5. The van der Waals surface area contributed by atoms with Crippen LogP contribution in [0.2, 0.25) is 0 Å². The Bertz CT molecular complexity index is 530. The van der Waals surface area contributed by atoms with Crippen molar-refractivity contribution in [3.63, 3.8) is 0 Å². The van der Waals surface area contributed by atoms with Crippen molar-refractivity contribution in [1.29, 1.82) is 0 Å². The summed E-state index contributed by atoms with van der Waals surface area (Å²) in [4.78, 5) is 4.56. The summed E-state index contributed by atoms with van der Waals surface area (Å²) >= 11 is 6.28. The molecule has 90 valence electrons. The zero-order valence-electron chi connectivity index (χ0n) is 9.86. The van der Waals surface area contributed by atoms with Gasteiger partial charge in [-0.2, -0.15) is 0 Å². The molecule has 0 bridgehead atoms. The Morgan fingerprint density at radius 3 is 2.94 bits per heavy atom. The lowest BCUT2D eigenvalue weighted by molar-refractivity contribution is 0.761. The second kappa shape index (κ2) is 4.22. The first-order valence-corrected chi connectivity index (χ1v) is 6.49. The van der Waals surface area contributed by atoms with Crippen molar-refractivity contribution in [2.24, 2.45) is 13.0 Å². The number of benzene rings is 1. The van der Waals surface area contributed by atoms with E-state index < -0.39 is 0 Å². The van der Waals surface area contributed by atoms with Crippen molar-refractivity contribution in [3.05, 3.63) is 24.3 Å². The Hall–Kier alpha value is -1.22. The van der Waals surface area contributed by atoms with Gasteiger partial charge in [0.1, 0.15) is 0 Å². The summed E-state index contributed by atoms with van der Waals surface area (Å²) < 4.78 is 2.08. The minimum absolute atomic E-state index is 0.231. The molecule has 1 aromatic heterocycles. The fourth-order valence-corrected chi connectivity index (χ4v) is 2.45. The number of hydrogen-bond donors (Lipinski definition) is 1. The molecule has 1 saturated carbocycles. The average Bonchev–Trinajstić information content (AvgIpc) is 3.14. The highest BCUT2D eigenvalue weighted by molar-refractivity contribution is 6.21. The number of para-hydroxylation sites is 2. The largest absolute Gasteiger partial charge is 0.354 e. The third kappa shape index (κ3) is 2.12. The molecule has 1 heterocycles.